The Bertz CT molecular complexity index is 830. The maximum absolute atomic E-state index is 12.8. The number of hydrogen-bond donors (Lipinski definition) is 0. The number of carbonyl (C=O) groups is 2. The summed E-state index contributed by atoms with van der Waals surface area (Å²) in [5.41, 5.74) is 3.00. The number of thiazole rings is 1. The standard InChI is InChI=1S/C21H27N3O2S/c1-5-19-22-17(13-27-19)12-23(4)21(26)16-10-20(25)24(11-16)18-8-6-7-15(9-18)14(2)3/h6-9,13-14,16H,5,10-12H2,1-4H3. The molecular formula is C21H27N3O2S. The lowest BCUT2D eigenvalue weighted by Gasteiger charge is -2.21. The topological polar surface area (TPSA) is 53.5 Å². The second kappa shape index (κ2) is 8.21. The van der Waals surface area contributed by atoms with Crippen LogP contribution in [0, 0.1) is 5.92 Å². The second-order valence-electron chi connectivity index (χ2n) is 7.44. The minimum atomic E-state index is -0.297. The number of rotatable bonds is 6. The molecule has 2 amide bonds. The Morgan fingerprint density at radius 1 is 1.41 bits per heavy atom. The minimum absolute atomic E-state index is 0.0110. The lowest BCUT2D eigenvalue weighted by molar-refractivity contribution is -0.135. The van der Waals surface area contributed by atoms with Crippen LogP contribution >= 0.6 is 11.3 Å². The van der Waals surface area contributed by atoms with Crippen LogP contribution in [0.1, 0.15) is 49.4 Å². The summed E-state index contributed by atoms with van der Waals surface area (Å²) in [5.74, 6) is 0.133. The number of benzene rings is 1. The van der Waals surface area contributed by atoms with E-state index in [0.717, 1.165) is 22.8 Å². The molecule has 3 rings (SSSR count). The van der Waals surface area contributed by atoms with Crippen molar-refractivity contribution in [1.82, 2.24) is 9.88 Å². The molecule has 0 spiro atoms. The van der Waals surface area contributed by atoms with Gasteiger partial charge < -0.3 is 9.80 Å². The molecule has 1 aromatic carbocycles. The van der Waals surface area contributed by atoms with Crippen LogP contribution in [-0.2, 0) is 22.6 Å². The fraction of sp³-hybridized carbons (Fsp3) is 0.476. The summed E-state index contributed by atoms with van der Waals surface area (Å²) in [7, 11) is 1.79. The van der Waals surface area contributed by atoms with Crippen molar-refractivity contribution < 1.29 is 9.59 Å². The molecular weight excluding hydrogens is 358 g/mol. The SMILES string of the molecule is CCc1nc(CN(C)C(=O)C2CC(=O)N(c3cccc(C(C)C)c3)C2)cs1. The number of anilines is 1. The summed E-state index contributed by atoms with van der Waals surface area (Å²) in [4.78, 5) is 33.4. The van der Waals surface area contributed by atoms with E-state index in [2.05, 4.69) is 37.9 Å². The molecule has 1 saturated heterocycles. The Hall–Kier alpha value is -2.21. The van der Waals surface area contributed by atoms with Gasteiger partial charge in [-0.25, -0.2) is 4.98 Å². The third-order valence-corrected chi connectivity index (χ3v) is 6.04. The summed E-state index contributed by atoms with van der Waals surface area (Å²) in [6.07, 6.45) is 1.18. The molecule has 2 heterocycles. The zero-order chi connectivity index (χ0) is 19.6. The number of aromatic nitrogens is 1. The molecule has 1 atom stereocenters. The maximum Gasteiger partial charge on any atom is 0.228 e. The molecule has 1 fully saturated rings. The lowest BCUT2D eigenvalue weighted by atomic mass is 10.0. The molecule has 0 N–H and O–H groups in total. The molecule has 27 heavy (non-hydrogen) atoms. The van der Waals surface area contributed by atoms with E-state index < -0.39 is 0 Å². The highest BCUT2D eigenvalue weighted by Gasteiger charge is 2.36. The molecule has 144 valence electrons. The van der Waals surface area contributed by atoms with Crippen molar-refractivity contribution >= 4 is 28.8 Å². The Morgan fingerprint density at radius 3 is 2.85 bits per heavy atom. The van der Waals surface area contributed by atoms with Crippen LogP contribution in [0.3, 0.4) is 0 Å². The van der Waals surface area contributed by atoms with Crippen LogP contribution in [0.5, 0.6) is 0 Å². The molecule has 5 nitrogen and oxygen atoms in total. The number of amides is 2. The first-order chi connectivity index (χ1) is 12.9. The predicted molar refractivity (Wildman–Crippen MR) is 109 cm³/mol. The van der Waals surface area contributed by atoms with Crippen molar-refractivity contribution in [2.45, 2.75) is 46.1 Å². The van der Waals surface area contributed by atoms with Gasteiger partial charge in [-0.1, -0.05) is 32.9 Å². The van der Waals surface area contributed by atoms with Gasteiger partial charge in [0.2, 0.25) is 11.8 Å². The van der Waals surface area contributed by atoms with Crippen molar-refractivity contribution in [3.8, 4) is 0 Å². The molecule has 0 bridgehead atoms. The first kappa shape index (κ1) is 19.5. The van der Waals surface area contributed by atoms with E-state index in [0.29, 0.717) is 19.0 Å². The monoisotopic (exact) mass is 385 g/mol. The van der Waals surface area contributed by atoms with Crippen molar-refractivity contribution in [1.29, 1.82) is 0 Å². The fourth-order valence-electron chi connectivity index (χ4n) is 3.39. The molecule has 1 unspecified atom stereocenters. The van der Waals surface area contributed by atoms with Crippen LogP contribution in [0.15, 0.2) is 29.6 Å². The van der Waals surface area contributed by atoms with Crippen molar-refractivity contribution in [2.75, 3.05) is 18.5 Å². The van der Waals surface area contributed by atoms with Gasteiger partial charge in [0.25, 0.3) is 0 Å². The molecule has 1 aromatic heterocycles. The van der Waals surface area contributed by atoms with Gasteiger partial charge in [-0.3, -0.25) is 9.59 Å². The van der Waals surface area contributed by atoms with E-state index in [1.807, 2.05) is 17.5 Å². The first-order valence-corrected chi connectivity index (χ1v) is 10.4. The highest BCUT2D eigenvalue weighted by Crippen LogP contribution is 2.29. The molecule has 0 saturated carbocycles. The minimum Gasteiger partial charge on any atom is -0.340 e. The Morgan fingerprint density at radius 2 is 2.19 bits per heavy atom. The number of carbonyl (C=O) groups excluding carboxylic acids is 2. The second-order valence-corrected chi connectivity index (χ2v) is 8.38. The van der Waals surface area contributed by atoms with Crippen LogP contribution in [-0.4, -0.2) is 35.3 Å². The van der Waals surface area contributed by atoms with E-state index in [1.54, 1.807) is 28.2 Å². The van der Waals surface area contributed by atoms with Gasteiger partial charge in [-0.05, 0) is 30.0 Å². The average molecular weight is 386 g/mol. The van der Waals surface area contributed by atoms with Gasteiger partial charge in [0, 0.05) is 31.1 Å². The Labute approximate surface area is 165 Å². The summed E-state index contributed by atoms with van der Waals surface area (Å²) < 4.78 is 0. The highest BCUT2D eigenvalue weighted by molar-refractivity contribution is 7.09. The zero-order valence-corrected chi connectivity index (χ0v) is 17.3. The largest absolute Gasteiger partial charge is 0.340 e. The van der Waals surface area contributed by atoms with Crippen LogP contribution in [0.25, 0.3) is 0 Å². The molecule has 6 heteroatoms. The molecule has 2 aromatic rings. The van der Waals surface area contributed by atoms with Crippen molar-refractivity contribution in [3.05, 3.63) is 45.9 Å². The van der Waals surface area contributed by atoms with E-state index in [4.69, 9.17) is 0 Å². The van der Waals surface area contributed by atoms with Crippen LogP contribution in [0.4, 0.5) is 5.69 Å². The van der Waals surface area contributed by atoms with Crippen molar-refractivity contribution in [3.63, 3.8) is 0 Å². The summed E-state index contributed by atoms with van der Waals surface area (Å²) in [6, 6.07) is 8.05. The van der Waals surface area contributed by atoms with Gasteiger partial charge in [0.05, 0.1) is 23.2 Å². The van der Waals surface area contributed by atoms with E-state index in [-0.39, 0.29) is 24.2 Å². The number of nitrogens with zero attached hydrogens (tertiary/aromatic N) is 3. The zero-order valence-electron chi connectivity index (χ0n) is 16.4. The average Bonchev–Trinajstić information content (AvgIpc) is 3.27. The van der Waals surface area contributed by atoms with Gasteiger partial charge in [0.15, 0.2) is 0 Å². The van der Waals surface area contributed by atoms with E-state index in [1.165, 1.54) is 5.56 Å². The van der Waals surface area contributed by atoms with E-state index >= 15 is 0 Å². The molecule has 1 aliphatic heterocycles. The lowest BCUT2D eigenvalue weighted by Crippen LogP contribution is -2.34. The number of hydrogen-bond acceptors (Lipinski definition) is 4. The van der Waals surface area contributed by atoms with Crippen LogP contribution in [0.2, 0.25) is 0 Å². The maximum atomic E-state index is 12.8. The smallest absolute Gasteiger partial charge is 0.228 e. The third-order valence-electron chi connectivity index (χ3n) is 5.00. The fourth-order valence-corrected chi connectivity index (χ4v) is 4.13. The molecule has 0 radical (unpaired) electrons. The van der Waals surface area contributed by atoms with E-state index in [9.17, 15) is 9.59 Å². The molecule has 1 aliphatic rings. The van der Waals surface area contributed by atoms with Gasteiger partial charge in [0.1, 0.15) is 0 Å². The normalized spacial score (nSPS) is 17.0. The van der Waals surface area contributed by atoms with Gasteiger partial charge in [-0.15, -0.1) is 11.3 Å². The Balaban J connectivity index is 1.67. The van der Waals surface area contributed by atoms with Gasteiger partial charge >= 0.3 is 0 Å². The quantitative estimate of drug-likeness (QED) is 0.759. The summed E-state index contributed by atoms with van der Waals surface area (Å²) in [5, 5.41) is 3.09. The van der Waals surface area contributed by atoms with Crippen LogP contribution < -0.4 is 4.90 Å². The van der Waals surface area contributed by atoms with Crippen molar-refractivity contribution in [2.24, 2.45) is 5.92 Å². The third kappa shape index (κ3) is 4.38. The summed E-state index contributed by atoms with van der Waals surface area (Å²) >= 11 is 1.63. The summed E-state index contributed by atoms with van der Waals surface area (Å²) in [6.45, 7) is 7.28. The first-order valence-electron chi connectivity index (χ1n) is 9.47. The predicted octanol–water partition coefficient (Wildman–Crippen LogP) is 3.84. The Kier molecular flexibility index (Phi) is 5.95. The number of aryl methyl sites for hydroxylation is 1. The molecule has 0 aliphatic carbocycles. The highest BCUT2D eigenvalue weighted by atomic mass is 32.1. The van der Waals surface area contributed by atoms with Gasteiger partial charge in [-0.2, -0.15) is 0 Å².